The van der Waals surface area contributed by atoms with Crippen LogP contribution in [0.1, 0.15) is 43.5 Å². The average Bonchev–Trinajstić information content (AvgIpc) is 2.15. The molecule has 1 aromatic carbocycles. The third-order valence-electron chi connectivity index (χ3n) is 2.43. The number of benzene rings is 1. The summed E-state index contributed by atoms with van der Waals surface area (Å²) in [6, 6.07) is 5.01. The maximum atomic E-state index is 11.8. The van der Waals surface area contributed by atoms with Crippen LogP contribution < -0.4 is 5.73 Å². The minimum atomic E-state index is 0.120. The number of nitrogens with two attached hydrogens (primary N) is 1. The molecule has 0 spiro atoms. The number of ketones is 1. The van der Waals surface area contributed by atoms with Crippen molar-refractivity contribution in [3.8, 4) is 0 Å². The van der Waals surface area contributed by atoms with E-state index in [1.807, 2.05) is 0 Å². The molecule has 2 N–H and O–H groups in total. The normalized spacial score (nSPS) is 10.8. The zero-order valence-corrected chi connectivity index (χ0v) is 10.6. The second kappa shape index (κ2) is 5.90. The first-order chi connectivity index (χ1) is 7.49. The second-order valence-electron chi connectivity index (χ2n) is 4.48. The first kappa shape index (κ1) is 13.0. The number of Topliss-reactive ketones (excluding diaryl/α,β-unsaturated/α-hetero) is 1. The van der Waals surface area contributed by atoms with Gasteiger partial charge in [0.15, 0.2) is 5.78 Å². The van der Waals surface area contributed by atoms with Crippen LogP contribution in [0.3, 0.4) is 0 Å². The smallest absolute Gasteiger partial charge is 0.163 e. The minimum Gasteiger partial charge on any atom is -0.399 e. The van der Waals surface area contributed by atoms with Gasteiger partial charge in [-0.3, -0.25) is 4.79 Å². The predicted molar refractivity (Wildman–Crippen MR) is 68.9 cm³/mol. The summed E-state index contributed by atoms with van der Waals surface area (Å²) in [5.74, 6) is 0.757. The standard InChI is InChI=1S/C13H18ClNO/c1-9(2)4-3-5-13(16)10-6-11(14)8-12(15)7-10/h6-9H,3-5,15H2,1-2H3. The first-order valence-corrected chi connectivity index (χ1v) is 5.96. The van der Waals surface area contributed by atoms with Crippen LogP contribution in [-0.2, 0) is 0 Å². The molecular formula is C13H18ClNO. The molecule has 0 bridgehead atoms. The van der Waals surface area contributed by atoms with Crippen molar-refractivity contribution in [2.75, 3.05) is 5.73 Å². The molecule has 0 radical (unpaired) electrons. The number of anilines is 1. The lowest BCUT2D eigenvalue weighted by Gasteiger charge is -2.05. The third-order valence-corrected chi connectivity index (χ3v) is 2.65. The average molecular weight is 240 g/mol. The van der Waals surface area contributed by atoms with Crippen LogP contribution in [0.25, 0.3) is 0 Å². The quantitative estimate of drug-likeness (QED) is 0.625. The molecule has 2 nitrogen and oxygen atoms in total. The highest BCUT2D eigenvalue weighted by Gasteiger charge is 2.07. The van der Waals surface area contributed by atoms with E-state index in [2.05, 4.69) is 13.8 Å². The molecule has 0 unspecified atom stereocenters. The summed E-state index contributed by atoms with van der Waals surface area (Å²) in [6.45, 7) is 4.31. The lowest BCUT2D eigenvalue weighted by Crippen LogP contribution is -2.01. The lowest BCUT2D eigenvalue weighted by atomic mass is 10.0. The number of halogens is 1. The van der Waals surface area contributed by atoms with Crippen LogP contribution in [0.5, 0.6) is 0 Å². The highest BCUT2D eigenvalue weighted by atomic mass is 35.5. The van der Waals surface area contributed by atoms with Crippen LogP contribution in [0.2, 0.25) is 5.02 Å². The van der Waals surface area contributed by atoms with Crippen molar-refractivity contribution < 1.29 is 4.79 Å². The largest absolute Gasteiger partial charge is 0.399 e. The molecule has 1 rings (SSSR count). The number of carbonyl (C=O) groups is 1. The van der Waals surface area contributed by atoms with Gasteiger partial charge in [0.2, 0.25) is 0 Å². The van der Waals surface area contributed by atoms with Crippen molar-refractivity contribution in [1.82, 2.24) is 0 Å². The Morgan fingerprint density at radius 2 is 2.06 bits per heavy atom. The molecule has 1 aromatic rings. The molecular weight excluding hydrogens is 222 g/mol. The van der Waals surface area contributed by atoms with Crippen molar-refractivity contribution in [3.05, 3.63) is 28.8 Å². The summed E-state index contributed by atoms with van der Waals surface area (Å²) in [5, 5.41) is 0.521. The zero-order valence-electron chi connectivity index (χ0n) is 9.79. The van der Waals surface area contributed by atoms with Gasteiger partial charge >= 0.3 is 0 Å². The van der Waals surface area contributed by atoms with Crippen molar-refractivity contribution in [1.29, 1.82) is 0 Å². The Morgan fingerprint density at radius 3 is 2.62 bits per heavy atom. The molecule has 0 saturated carbocycles. The third kappa shape index (κ3) is 4.23. The molecule has 88 valence electrons. The molecule has 0 aliphatic heterocycles. The second-order valence-corrected chi connectivity index (χ2v) is 4.92. The Balaban J connectivity index is 2.59. The van der Waals surface area contributed by atoms with E-state index < -0.39 is 0 Å². The fourth-order valence-corrected chi connectivity index (χ4v) is 1.83. The van der Waals surface area contributed by atoms with Gasteiger partial charge in [-0.05, 0) is 30.5 Å². The molecule has 0 fully saturated rings. The van der Waals surface area contributed by atoms with E-state index in [4.69, 9.17) is 17.3 Å². The van der Waals surface area contributed by atoms with Gasteiger partial charge in [0, 0.05) is 22.7 Å². The number of rotatable bonds is 5. The van der Waals surface area contributed by atoms with Gasteiger partial charge in [-0.15, -0.1) is 0 Å². The van der Waals surface area contributed by atoms with Gasteiger partial charge in [-0.2, -0.15) is 0 Å². The lowest BCUT2D eigenvalue weighted by molar-refractivity contribution is 0.0978. The Morgan fingerprint density at radius 1 is 1.38 bits per heavy atom. The summed E-state index contributed by atoms with van der Waals surface area (Å²) < 4.78 is 0. The molecule has 0 heterocycles. The SMILES string of the molecule is CC(C)CCCC(=O)c1cc(N)cc(Cl)c1. The van der Waals surface area contributed by atoms with Crippen molar-refractivity contribution in [3.63, 3.8) is 0 Å². The van der Waals surface area contributed by atoms with E-state index >= 15 is 0 Å². The van der Waals surface area contributed by atoms with Crippen molar-refractivity contribution >= 4 is 23.1 Å². The highest BCUT2D eigenvalue weighted by molar-refractivity contribution is 6.31. The Bertz CT molecular complexity index is 354. The molecule has 0 atom stereocenters. The summed E-state index contributed by atoms with van der Waals surface area (Å²) in [5.41, 5.74) is 6.80. The molecule has 0 aromatic heterocycles. The summed E-state index contributed by atoms with van der Waals surface area (Å²) >= 11 is 5.85. The highest BCUT2D eigenvalue weighted by Crippen LogP contribution is 2.19. The minimum absolute atomic E-state index is 0.120. The Hall–Kier alpha value is -1.02. The monoisotopic (exact) mass is 239 g/mol. The van der Waals surface area contributed by atoms with Crippen LogP contribution in [0.15, 0.2) is 18.2 Å². The molecule has 0 amide bonds. The summed E-state index contributed by atoms with van der Waals surface area (Å²) in [6.07, 6.45) is 2.56. The molecule has 0 saturated heterocycles. The van der Waals surface area contributed by atoms with Crippen LogP contribution in [0.4, 0.5) is 5.69 Å². The molecule has 3 heteroatoms. The predicted octanol–water partition coefficient (Wildman–Crippen LogP) is 3.93. The summed E-state index contributed by atoms with van der Waals surface area (Å²) in [7, 11) is 0. The van der Waals surface area contributed by atoms with Gasteiger partial charge in [0.1, 0.15) is 0 Å². The van der Waals surface area contributed by atoms with Gasteiger partial charge in [-0.25, -0.2) is 0 Å². The fraction of sp³-hybridized carbons (Fsp3) is 0.462. The number of hydrogen-bond donors (Lipinski definition) is 1. The number of nitrogen functional groups attached to an aromatic ring is 1. The van der Waals surface area contributed by atoms with Crippen LogP contribution >= 0.6 is 11.6 Å². The van der Waals surface area contributed by atoms with Crippen molar-refractivity contribution in [2.24, 2.45) is 5.92 Å². The zero-order chi connectivity index (χ0) is 12.1. The topological polar surface area (TPSA) is 43.1 Å². The maximum absolute atomic E-state index is 11.8. The van der Waals surface area contributed by atoms with Gasteiger partial charge in [-0.1, -0.05) is 31.9 Å². The summed E-state index contributed by atoms with van der Waals surface area (Å²) in [4.78, 5) is 11.8. The Labute approximate surface area is 102 Å². The van der Waals surface area contributed by atoms with E-state index in [-0.39, 0.29) is 5.78 Å². The van der Waals surface area contributed by atoms with Gasteiger partial charge in [0.05, 0.1) is 0 Å². The van der Waals surface area contributed by atoms with E-state index in [0.29, 0.717) is 28.6 Å². The molecule has 16 heavy (non-hydrogen) atoms. The van der Waals surface area contributed by atoms with E-state index in [9.17, 15) is 4.79 Å². The van der Waals surface area contributed by atoms with Crippen LogP contribution in [0, 0.1) is 5.92 Å². The Kier molecular flexibility index (Phi) is 4.81. The first-order valence-electron chi connectivity index (χ1n) is 5.58. The van der Waals surface area contributed by atoms with E-state index in [0.717, 1.165) is 12.8 Å². The number of hydrogen-bond acceptors (Lipinski definition) is 2. The molecule has 0 aliphatic rings. The van der Waals surface area contributed by atoms with E-state index in [1.54, 1.807) is 18.2 Å². The van der Waals surface area contributed by atoms with Crippen molar-refractivity contribution in [2.45, 2.75) is 33.1 Å². The maximum Gasteiger partial charge on any atom is 0.163 e. The molecule has 0 aliphatic carbocycles. The van der Waals surface area contributed by atoms with Gasteiger partial charge in [0.25, 0.3) is 0 Å². The van der Waals surface area contributed by atoms with Crippen LogP contribution in [-0.4, -0.2) is 5.78 Å². The fourth-order valence-electron chi connectivity index (χ4n) is 1.59. The number of carbonyl (C=O) groups excluding carboxylic acids is 1. The van der Waals surface area contributed by atoms with E-state index in [1.165, 1.54) is 0 Å². The van der Waals surface area contributed by atoms with Gasteiger partial charge < -0.3 is 5.73 Å².